The van der Waals surface area contributed by atoms with E-state index in [2.05, 4.69) is 54.6 Å². The highest BCUT2D eigenvalue weighted by Crippen LogP contribution is 2.44. The van der Waals surface area contributed by atoms with E-state index in [0.717, 1.165) is 11.5 Å². The number of hydrogen-bond donors (Lipinski definition) is 0. The molecule has 0 aromatic heterocycles. The number of rotatable bonds is 2. The summed E-state index contributed by atoms with van der Waals surface area (Å²) >= 11 is 0. The fraction of sp³-hybridized carbons (Fsp3) is 0.0909. The van der Waals surface area contributed by atoms with Crippen LogP contribution in [0.25, 0.3) is 43.1 Å². The van der Waals surface area contributed by atoms with Gasteiger partial charge in [-0.15, -0.1) is 0 Å². The van der Waals surface area contributed by atoms with E-state index in [9.17, 15) is 0 Å². The molecule has 5 aromatic rings. The minimum absolute atomic E-state index is 0.880. The van der Waals surface area contributed by atoms with Gasteiger partial charge in [-0.3, -0.25) is 0 Å². The summed E-state index contributed by atoms with van der Waals surface area (Å²) in [6.07, 6.45) is 0. The molecule has 2 heteroatoms. The number of hydrogen-bond acceptors (Lipinski definition) is 2. The average molecular weight is 312 g/mol. The van der Waals surface area contributed by atoms with Crippen molar-refractivity contribution in [3.05, 3.63) is 60.7 Å². The van der Waals surface area contributed by atoms with Crippen molar-refractivity contribution in [1.82, 2.24) is 0 Å². The van der Waals surface area contributed by atoms with Crippen LogP contribution in [0.3, 0.4) is 0 Å². The number of fused-ring (bicyclic) bond motifs is 2. The van der Waals surface area contributed by atoms with Crippen molar-refractivity contribution in [3.8, 4) is 11.5 Å². The summed E-state index contributed by atoms with van der Waals surface area (Å²) in [6, 6.07) is 21.3. The first-order chi connectivity index (χ1) is 11.8. The van der Waals surface area contributed by atoms with Gasteiger partial charge in [0.05, 0.1) is 14.2 Å². The van der Waals surface area contributed by atoms with Crippen LogP contribution in [-0.2, 0) is 0 Å². The predicted molar refractivity (Wildman–Crippen MR) is 101 cm³/mol. The lowest BCUT2D eigenvalue weighted by Crippen LogP contribution is -1.92. The Balaban J connectivity index is 2.22. The smallest absolute Gasteiger partial charge is 0.127 e. The average Bonchev–Trinajstić information content (AvgIpc) is 2.64. The molecule has 0 radical (unpaired) electrons. The van der Waals surface area contributed by atoms with Gasteiger partial charge in [0.1, 0.15) is 11.5 Å². The number of methoxy groups -OCH3 is 2. The molecule has 116 valence electrons. The van der Waals surface area contributed by atoms with Crippen LogP contribution in [0.2, 0.25) is 0 Å². The molecule has 5 rings (SSSR count). The van der Waals surface area contributed by atoms with Gasteiger partial charge in [0.2, 0.25) is 0 Å². The lowest BCUT2D eigenvalue weighted by atomic mass is 9.89. The fourth-order valence-corrected chi connectivity index (χ4v) is 3.96. The molecule has 0 bridgehead atoms. The molecule has 0 amide bonds. The molecular weight excluding hydrogens is 296 g/mol. The van der Waals surface area contributed by atoms with Crippen LogP contribution in [0.4, 0.5) is 0 Å². The summed E-state index contributed by atoms with van der Waals surface area (Å²) in [4.78, 5) is 0. The van der Waals surface area contributed by atoms with E-state index in [4.69, 9.17) is 9.47 Å². The van der Waals surface area contributed by atoms with Gasteiger partial charge in [0.25, 0.3) is 0 Å². The maximum Gasteiger partial charge on any atom is 0.127 e. The second kappa shape index (κ2) is 4.75. The summed E-state index contributed by atoms with van der Waals surface area (Å²) in [5, 5.41) is 9.83. The lowest BCUT2D eigenvalue weighted by molar-refractivity contribution is 0.415. The molecule has 5 aromatic carbocycles. The van der Waals surface area contributed by atoms with E-state index in [1.807, 2.05) is 6.07 Å². The quantitative estimate of drug-likeness (QED) is 0.305. The highest BCUT2D eigenvalue weighted by Gasteiger charge is 2.16. The number of ether oxygens (including phenoxy) is 2. The topological polar surface area (TPSA) is 18.5 Å². The van der Waals surface area contributed by atoms with Gasteiger partial charge >= 0.3 is 0 Å². The molecule has 0 unspecified atom stereocenters. The molecule has 0 aliphatic heterocycles. The van der Waals surface area contributed by atoms with E-state index >= 15 is 0 Å². The molecule has 0 atom stereocenters. The van der Waals surface area contributed by atoms with E-state index in [0.29, 0.717) is 0 Å². The standard InChI is InChI=1S/C22H16O2/c1-23-15-11-14-9-10-19(24-2)22-17-8-4-6-13-5-3-7-16(20(13)17)18(12-15)21(14)22/h3-12H,1-2H3. The second-order valence-corrected chi connectivity index (χ2v) is 6.13. The molecule has 0 aliphatic carbocycles. The van der Waals surface area contributed by atoms with Crippen molar-refractivity contribution in [2.75, 3.05) is 14.2 Å². The van der Waals surface area contributed by atoms with E-state index in [1.54, 1.807) is 14.2 Å². The Kier molecular flexibility index (Phi) is 2.66. The Bertz CT molecular complexity index is 1220. The summed E-state index contributed by atoms with van der Waals surface area (Å²) < 4.78 is 11.2. The Hall–Kier alpha value is -3.00. The third-order valence-corrected chi connectivity index (χ3v) is 4.97. The van der Waals surface area contributed by atoms with E-state index in [-0.39, 0.29) is 0 Å². The van der Waals surface area contributed by atoms with Crippen LogP contribution in [0.1, 0.15) is 0 Å². The van der Waals surface area contributed by atoms with Gasteiger partial charge in [0, 0.05) is 10.8 Å². The zero-order chi connectivity index (χ0) is 16.3. The zero-order valence-corrected chi connectivity index (χ0v) is 13.6. The van der Waals surface area contributed by atoms with Crippen molar-refractivity contribution in [1.29, 1.82) is 0 Å². The van der Waals surface area contributed by atoms with Crippen molar-refractivity contribution in [2.45, 2.75) is 0 Å². The fourth-order valence-electron chi connectivity index (χ4n) is 3.96. The van der Waals surface area contributed by atoms with Crippen molar-refractivity contribution < 1.29 is 9.47 Å². The third kappa shape index (κ3) is 1.60. The molecule has 0 saturated carbocycles. The molecule has 0 N–H and O–H groups in total. The second-order valence-electron chi connectivity index (χ2n) is 6.13. The molecule has 0 heterocycles. The van der Waals surface area contributed by atoms with Crippen LogP contribution >= 0.6 is 0 Å². The summed E-state index contributed by atoms with van der Waals surface area (Å²) in [5.74, 6) is 1.79. The SMILES string of the molecule is COc1cc2ccc(OC)c3c4cccc5cccc(c(c1)c23)c54. The highest BCUT2D eigenvalue weighted by atomic mass is 16.5. The molecule has 2 nitrogen and oxygen atoms in total. The van der Waals surface area contributed by atoms with Crippen LogP contribution in [0.15, 0.2) is 60.7 Å². The van der Waals surface area contributed by atoms with Crippen molar-refractivity contribution in [2.24, 2.45) is 0 Å². The minimum atomic E-state index is 0.880. The highest BCUT2D eigenvalue weighted by molar-refractivity contribution is 6.34. The normalized spacial score (nSPS) is 11.8. The Morgan fingerprint density at radius 2 is 1.38 bits per heavy atom. The molecule has 0 aliphatic rings. The van der Waals surface area contributed by atoms with Gasteiger partial charge in [-0.05, 0) is 50.5 Å². The maximum atomic E-state index is 5.70. The zero-order valence-electron chi connectivity index (χ0n) is 13.6. The number of benzene rings is 5. The van der Waals surface area contributed by atoms with Crippen LogP contribution in [0, 0.1) is 0 Å². The molecule has 0 spiro atoms. The molecular formula is C22H16O2. The first kappa shape index (κ1) is 13.4. The summed E-state index contributed by atoms with van der Waals surface area (Å²) in [7, 11) is 3.46. The summed E-state index contributed by atoms with van der Waals surface area (Å²) in [6.45, 7) is 0. The minimum Gasteiger partial charge on any atom is -0.497 e. The molecule has 0 saturated heterocycles. The van der Waals surface area contributed by atoms with Gasteiger partial charge in [0.15, 0.2) is 0 Å². The first-order valence-corrected chi connectivity index (χ1v) is 8.03. The predicted octanol–water partition coefficient (Wildman–Crippen LogP) is 5.75. The first-order valence-electron chi connectivity index (χ1n) is 8.03. The largest absolute Gasteiger partial charge is 0.497 e. The Labute approximate surface area is 139 Å². The maximum absolute atomic E-state index is 5.70. The summed E-state index contributed by atoms with van der Waals surface area (Å²) in [5.41, 5.74) is 0. The van der Waals surface area contributed by atoms with Crippen molar-refractivity contribution in [3.63, 3.8) is 0 Å². The monoisotopic (exact) mass is 312 g/mol. The lowest BCUT2D eigenvalue weighted by Gasteiger charge is -2.17. The van der Waals surface area contributed by atoms with Gasteiger partial charge < -0.3 is 9.47 Å². The van der Waals surface area contributed by atoms with Gasteiger partial charge in [-0.25, -0.2) is 0 Å². The van der Waals surface area contributed by atoms with Gasteiger partial charge in [-0.1, -0.05) is 42.5 Å². The van der Waals surface area contributed by atoms with Crippen LogP contribution < -0.4 is 9.47 Å². The third-order valence-electron chi connectivity index (χ3n) is 4.97. The van der Waals surface area contributed by atoms with Crippen LogP contribution in [-0.4, -0.2) is 14.2 Å². The van der Waals surface area contributed by atoms with Crippen LogP contribution in [0.5, 0.6) is 11.5 Å². The van der Waals surface area contributed by atoms with Gasteiger partial charge in [-0.2, -0.15) is 0 Å². The Morgan fingerprint density at radius 1 is 0.583 bits per heavy atom. The van der Waals surface area contributed by atoms with E-state index < -0.39 is 0 Å². The molecule has 24 heavy (non-hydrogen) atoms. The van der Waals surface area contributed by atoms with Crippen molar-refractivity contribution >= 4 is 43.1 Å². The Morgan fingerprint density at radius 3 is 2.12 bits per heavy atom. The van der Waals surface area contributed by atoms with E-state index in [1.165, 1.54) is 43.1 Å². The molecule has 0 fully saturated rings.